The molecular formula is C20H19F3N2O4. The van der Waals surface area contributed by atoms with E-state index < -0.39 is 30.2 Å². The largest absolute Gasteiger partial charge is 0.465 e. The second kappa shape index (κ2) is 8.85. The number of ether oxygens (including phenoxy) is 1. The van der Waals surface area contributed by atoms with Crippen molar-refractivity contribution in [3.8, 4) is 0 Å². The van der Waals surface area contributed by atoms with Crippen LogP contribution in [0.4, 0.5) is 24.5 Å². The second-order valence-electron chi connectivity index (χ2n) is 6.43. The number of halogens is 3. The molecule has 6 nitrogen and oxygen atoms in total. The quantitative estimate of drug-likeness (QED) is 0.576. The molecule has 2 heterocycles. The summed E-state index contributed by atoms with van der Waals surface area (Å²) in [4.78, 5) is 25.7. The van der Waals surface area contributed by atoms with E-state index in [0.717, 1.165) is 31.1 Å². The van der Waals surface area contributed by atoms with Gasteiger partial charge in [-0.15, -0.1) is 0 Å². The molecule has 0 radical (unpaired) electrons. The number of benzene rings is 1. The Hall–Kier alpha value is -3.23. The van der Waals surface area contributed by atoms with Gasteiger partial charge in [-0.25, -0.2) is 4.79 Å². The number of carbonyl (C=O) groups excluding carboxylic acids is 2. The van der Waals surface area contributed by atoms with Gasteiger partial charge in [0.25, 0.3) is 5.91 Å². The van der Waals surface area contributed by atoms with Crippen LogP contribution in [-0.2, 0) is 20.5 Å². The molecule has 0 atom stereocenters. The maximum atomic E-state index is 13.1. The van der Waals surface area contributed by atoms with E-state index in [-0.39, 0.29) is 5.69 Å². The van der Waals surface area contributed by atoms with Crippen LogP contribution in [0.25, 0.3) is 6.08 Å². The number of hydrogen-bond donors (Lipinski definition) is 1. The zero-order valence-corrected chi connectivity index (χ0v) is 15.4. The van der Waals surface area contributed by atoms with Crippen LogP contribution in [0.3, 0.4) is 0 Å². The Bertz CT molecular complexity index is 886. The first kappa shape index (κ1) is 20.5. The van der Waals surface area contributed by atoms with Crippen molar-refractivity contribution in [3.05, 3.63) is 54.0 Å². The highest BCUT2D eigenvalue weighted by Crippen LogP contribution is 2.36. The molecule has 1 aromatic carbocycles. The average Bonchev–Trinajstić information content (AvgIpc) is 3.38. The number of furan rings is 1. The molecule has 1 N–H and O–H groups in total. The molecule has 1 aliphatic rings. The highest BCUT2D eigenvalue weighted by atomic mass is 19.4. The van der Waals surface area contributed by atoms with Gasteiger partial charge in [0.15, 0.2) is 6.61 Å². The van der Waals surface area contributed by atoms with Crippen LogP contribution in [0.5, 0.6) is 0 Å². The number of rotatable bonds is 6. The Kier molecular flexibility index (Phi) is 6.26. The second-order valence-corrected chi connectivity index (χ2v) is 6.43. The molecular weight excluding hydrogens is 389 g/mol. The lowest BCUT2D eigenvalue weighted by Gasteiger charge is -2.22. The van der Waals surface area contributed by atoms with Gasteiger partial charge in [0, 0.05) is 19.2 Å². The predicted octanol–water partition coefficient (Wildman–Crippen LogP) is 4.09. The Labute approximate surface area is 164 Å². The molecule has 1 amide bonds. The molecule has 1 aliphatic heterocycles. The van der Waals surface area contributed by atoms with Crippen molar-refractivity contribution in [1.29, 1.82) is 0 Å². The van der Waals surface area contributed by atoms with E-state index in [1.165, 1.54) is 18.4 Å². The molecule has 1 saturated heterocycles. The molecule has 0 bridgehead atoms. The summed E-state index contributed by atoms with van der Waals surface area (Å²) >= 11 is 0. The molecule has 1 fully saturated rings. The Morgan fingerprint density at radius 2 is 1.97 bits per heavy atom. The zero-order valence-electron chi connectivity index (χ0n) is 15.4. The van der Waals surface area contributed by atoms with Crippen LogP contribution in [0, 0.1) is 0 Å². The first-order chi connectivity index (χ1) is 13.8. The van der Waals surface area contributed by atoms with Crippen LogP contribution >= 0.6 is 0 Å². The van der Waals surface area contributed by atoms with Gasteiger partial charge in [-0.2, -0.15) is 13.2 Å². The maximum Gasteiger partial charge on any atom is 0.416 e. The summed E-state index contributed by atoms with van der Waals surface area (Å²) in [6.07, 6.45) is 1.21. The van der Waals surface area contributed by atoms with E-state index in [9.17, 15) is 22.8 Å². The lowest BCUT2D eigenvalue weighted by Crippen LogP contribution is -2.24. The molecule has 0 saturated carbocycles. The molecule has 29 heavy (non-hydrogen) atoms. The van der Waals surface area contributed by atoms with Gasteiger partial charge in [0.1, 0.15) is 5.76 Å². The van der Waals surface area contributed by atoms with E-state index in [2.05, 4.69) is 5.32 Å². The minimum absolute atomic E-state index is 0.0360. The summed E-state index contributed by atoms with van der Waals surface area (Å²) in [7, 11) is 0. The first-order valence-electron chi connectivity index (χ1n) is 8.97. The fourth-order valence-corrected chi connectivity index (χ4v) is 2.95. The van der Waals surface area contributed by atoms with Gasteiger partial charge >= 0.3 is 12.1 Å². The van der Waals surface area contributed by atoms with Crippen LogP contribution in [0.1, 0.15) is 24.2 Å². The van der Waals surface area contributed by atoms with Gasteiger partial charge in [-0.1, -0.05) is 0 Å². The van der Waals surface area contributed by atoms with Crippen LogP contribution in [0.15, 0.2) is 47.1 Å². The predicted molar refractivity (Wildman–Crippen MR) is 100 cm³/mol. The minimum atomic E-state index is -4.54. The van der Waals surface area contributed by atoms with Gasteiger partial charge in [-0.3, -0.25) is 4.79 Å². The van der Waals surface area contributed by atoms with Gasteiger partial charge in [0.2, 0.25) is 0 Å². The number of alkyl halides is 3. The van der Waals surface area contributed by atoms with E-state index in [4.69, 9.17) is 9.15 Å². The summed E-state index contributed by atoms with van der Waals surface area (Å²) in [6, 6.07) is 6.50. The van der Waals surface area contributed by atoms with Gasteiger partial charge in [-0.05, 0) is 49.2 Å². The van der Waals surface area contributed by atoms with Crippen molar-refractivity contribution < 1.29 is 31.9 Å². The standard InChI is InChI=1S/C20H19F3N2O4/c21-20(22,23)14-5-7-17(25-9-1-2-10-25)16(12-14)24-18(26)13-29-19(27)8-6-15-4-3-11-28-15/h3-8,11-12H,1-2,9-10,13H2,(H,24,26)/b8-6+. The number of nitrogens with one attached hydrogen (secondary N) is 1. The molecule has 2 aromatic rings. The SMILES string of the molecule is O=C(COC(=O)/C=C/c1ccco1)Nc1cc(C(F)(F)F)ccc1N1CCCC1. The summed E-state index contributed by atoms with van der Waals surface area (Å²) in [5.74, 6) is -1.07. The molecule has 9 heteroatoms. The summed E-state index contributed by atoms with van der Waals surface area (Å²) in [6.45, 7) is 0.763. The lowest BCUT2D eigenvalue weighted by molar-refractivity contribution is -0.142. The fraction of sp³-hybridized carbons (Fsp3) is 0.300. The Morgan fingerprint density at radius 3 is 2.62 bits per heavy atom. The number of nitrogens with zero attached hydrogens (tertiary/aromatic N) is 1. The number of hydrogen-bond acceptors (Lipinski definition) is 5. The monoisotopic (exact) mass is 408 g/mol. The molecule has 0 spiro atoms. The Morgan fingerprint density at radius 1 is 1.21 bits per heavy atom. The highest BCUT2D eigenvalue weighted by Gasteiger charge is 2.32. The van der Waals surface area contributed by atoms with Gasteiger partial charge < -0.3 is 19.4 Å². The van der Waals surface area contributed by atoms with Crippen LogP contribution < -0.4 is 10.2 Å². The molecule has 154 valence electrons. The van der Waals surface area contributed by atoms with Crippen molar-refractivity contribution in [2.75, 3.05) is 29.9 Å². The molecule has 0 unspecified atom stereocenters. The third kappa shape index (κ3) is 5.63. The number of anilines is 2. The first-order valence-corrected chi connectivity index (χ1v) is 8.97. The number of amides is 1. The van der Waals surface area contributed by atoms with E-state index in [1.54, 1.807) is 12.1 Å². The van der Waals surface area contributed by atoms with Crippen molar-refractivity contribution in [2.45, 2.75) is 19.0 Å². The zero-order chi connectivity index (χ0) is 20.9. The average molecular weight is 408 g/mol. The minimum Gasteiger partial charge on any atom is -0.465 e. The van der Waals surface area contributed by atoms with Crippen molar-refractivity contribution in [2.24, 2.45) is 0 Å². The summed E-state index contributed by atoms with van der Waals surface area (Å²) < 4.78 is 49.0. The van der Waals surface area contributed by atoms with E-state index >= 15 is 0 Å². The number of carbonyl (C=O) groups is 2. The Balaban J connectivity index is 1.65. The lowest BCUT2D eigenvalue weighted by atomic mass is 10.1. The maximum absolute atomic E-state index is 13.1. The topological polar surface area (TPSA) is 71.8 Å². The van der Waals surface area contributed by atoms with Crippen LogP contribution in [0.2, 0.25) is 0 Å². The smallest absolute Gasteiger partial charge is 0.416 e. The molecule has 0 aliphatic carbocycles. The third-order valence-electron chi connectivity index (χ3n) is 4.32. The van der Waals surface area contributed by atoms with Crippen molar-refractivity contribution >= 4 is 29.3 Å². The summed E-state index contributed by atoms with van der Waals surface area (Å²) in [5.41, 5.74) is -0.323. The van der Waals surface area contributed by atoms with Crippen LogP contribution in [-0.4, -0.2) is 31.6 Å². The van der Waals surface area contributed by atoms with Gasteiger partial charge in [0.05, 0.1) is 23.2 Å². The normalized spacial score (nSPS) is 14.4. The fourth-order valence-electron chi connectivity index (χ4n) is 2.95. The molecule has 3 rings (SSSR count). The van der Waals surface area contributed by atoms with Crippen molar-refractivity contribution in [3.63, 3.8) is 0 Å². The van der Waals surface area contributed by atoms with Crippen molar-refractivity contribution in [1.82, 2.24) is 0 Å². The summed E-state index contributed by atoms with van der Waals surface area (Å²) in [5, 5.41) is 2.42. The number of esters is 1. The third-order valence-corrected chi connectivity index (χ3v) is 4.32. The molecule has 1 aromatic heterocycles. The van der Waals surface area contributed by atoms with E-state index in [1.807, 2.05) is 4.90 Å². The highest BCUT2D eigenvalue weighted by molar-refractivity contribution is 5.97. The van der Waals surface area contributed by atoms with E-state index in [0.29, 0.717) is 24.5 Å².